The first-order chi connectivity index (χ1) is 8.22. The number of rotatable bonds is 3. The molecule has 0 spiro atoms. The summed E-state index contributed by atoms with van der Waals surface area (Å²) in [6, 6.07) is 6.24. The quantitative estimate of drug-likeness (QED) is 0.835. The van der Waals surface area contributed by atoms with Crippen molar-refractivity contribution in [3.05, 3.63) is 34.9 Å². The van der Waals surface area contributed by atoms with Gasteiger partial charge in [0.05, 0.1) is 0 Å². The predicted octanol–water partition coefficient (Wildman–Crippen LogP) is 1.86. The first kappa shape index (κ1) is 12.1. The number of carbonyl (C=O) groups is 1. The van der Waals surface area contributed by atoms with Gasteiger partial charge in [-0.2, -0.15) is 0 Å². The van der Waals surface area contributed by atoms with Crippen molar-refractivity contribution in [1.29, 1.82) is 0 Å². The summed E-state index contributed by atoms with van der Waals surface area (Å²) in [5.74, 6) is 0.0677. The van der Waals surface area contributed by atoms with Gasteiger partial charge >= 0.3 is 0 Å². The van der Waals surface area contributed by atoms with Gasteiger partial charge in [0.25, 0.3) is 5.91 Å². The molecule has 0 saturated heterocycles. The Kier molecular flexibility index (Phi) is 3.79. The van der Waals surface area contributed by atoms with Crippen molar-refractivity contribution >= 4 is 5.91 Å². The molecule has 0 aliphatic carbocycles. The molecule has 1 heterocycles. The van der Waals surface area contributed by atoms with E-state index in [4.69, 9.17) is 0 Å². The van der Waals surface area contributed by atoms with Crippen LogP contribution in [0, 0.1) is 0 Å². The van der Waals surface area contributed by atoms with Crippen LogP contribution < -0.4 is 10.6 Å². The maximum atomic E-state index is 12.2. The van der Waals surface area contributed by atoms with Crippen LogP contribution in [0.2, 0.25) is 0 Å². The normalized spacial score (nSPS) is 16.1. The summed E-state index contributed by atoms with van der Waals surface area (Å²) in [6.07, 6.45) is 1.90. The molecular weight excluding hydrogens is 212 g/mol. The van der Waals surface area contributed by atoms with Gasteiger partial charge in [-0.15, -0.1) is 0 Å². The van der Waals surface area contributed by atoms with Crippen LogP contribution in [-0.2, 0) is 13.0 Å². The number of carbonyl (C=O) groups excluding carboxylic acids is 1. The van der Waals surface area contributed by atoms with E-state index in [2.05, 4.69) is 23.6 Å². The second-order valence-electron chi connectivity index (χ2n) is 4.65. The Labute approximate surface area is 103 Å². The lowest BCUT2D eigenvalue weighted by Crippen LogP contribution is -2.34. The second kappa shape index (κ2) is 5.32. The first-order valence-electron chi connectivity index (χ1n) is 6.34. The highest BCUT2D eigenvalue weighted by Gasteiger charge is 2.17. The van der Waals surface area contributed by atoms with Gasteiger partial charge in [0.1, 0.15) is 0 Å². The fourth-order valence-electron chi connectivity index (χ4n) is 2.15. The van der Waals surface area contributed by atoms with E-state index in [0.717, 1.165) is 31.5 Å². The Morgan fingerprint density at radius 3 is 3.12 bits per heavy atom. The van der Waals surface area contributed by atoms with Gasteiger partial charge in [0, 0.05) is 18.2 Å². The number of benzene rings is 1. The van der Waals surface area contributed by atoms with Crippen LogP contribution in [-0.4, -0.2) is 18.5 Å². The highest BCUT2D eigenvalue weighted by Crippen LogP contribution is 2.18. The van der Waals surface area contributed by atoms with Crippen molar-refractivity contribution in [3.63, 3.8) is 0 Å². The summed E-state index contributed by atoms with van der Waals surface area (Å²) >= 11 is 0. The largest absolute Gasteiger partial charge is 0.350 e. The summed E-state index contributed by atoms with van der Waals surface area (Å²) in [7, 11) is 0. The average Bonchev–Trinajstić information content (AvgIpc) is 2.37. The molecular formula is C14H20N2O. The number of fused-ring (bicyclic) bond motifs is 1. The van der Waals surface area contributed by atoms with Crippen molar-refractivity contribution < 1.29 is 4.79 Å². The Bertz CT molecular complexity index is 415. The third-order valence-corrected chi connectivity index (χ3v) is 3.37. The molecule has 1 aliphatic rings. The summed E-state index contributed by atoms with van der Waals surface area (Å²) in [6.45, 7) is 5.95. The molecule has 0 aromatic heterocycles. The van der Waals surface area contributed by atoms with Crippen molar-refractivity contribution in [2.24, 2.45) is 0 Å². The maximum absolute atomic E-state index is 12.2. The molecule has 0 saturated carbocycles. The fourth-order valence-corrected chi connectivity index (χ4v) is 2.15. The predicted molar refractivity (Wildman–Crippen MR) is 69.1 cm³/mol. The minimum absolute atomic E-state index is 0.0677. The zero-order valence-corrected chi connectivity index (χ0v) is 10.5. The molecule has 1 atom stereocenters. The highest BCUT2D eigenvalue weighted by molar-refractivity contribution is 5.96. The summed E-state index contributed by atoms with van der Waals surface area (Å²) < 4.78 is 0. The van der Waals surface area contributed by atoms with Crippen LogP contribution >= 0.6 is 0 Å². The Morgan fingerprint density at radius 1 is 1.53 bits per heavy atom. The van der Waals surface area contributed by atoms with Crippen molar-refractivity contribution in [2.75, 3.05) is 6.54 Å². The lowest BCUT2D eigenvalue weighted by atomic mass is 9.95. The Hall–Kier alpha value is -1.35. The van der Waals surface area contributed by atoms with Crippen LogP contribution in [0.15, 0.2) is 18.2 Å². The molecule has 0 fully saturated rings. The highest BCUT2D eigenvalue weighted by atomic mass is 16.1. The van der Waals surface area contributed by atoms with E-state index >= 15 is 0 Å². The van der Waals surface area contributed by atoms with E-state index in [0.29, 0.717) is 0 Å². The first-order valence-corrected chi connectivity index (χ1v) is 6.34. The summed E-state index contributed by atoms with van der Waals surface area (Å²) in [5.41, 5.74) is 3.32. The monoisotopic (exact) mass is 232 g/mol. The van der Waals surface area contributed by atoms with E-state index in [9.17, 15) is 4.79 Å². The molecule has 92 valence electrons. The topological polar surface area (TPSA) is 41.1 Å². The second-order valence-corrected chi connectivity index (χ2v) is 4.65. The molecule has 1 aromatic carbocycles. The van der Waals surface area contributed by atoms with Gasteiger partial charge in [-0.05, 0) is 43.5 Å². The summed E-state index contributed by atoms with van der Waals surface area (Å²) in [4.78, 5) is 12.2. The van der Waals surface area contributed by atoms with E-state index < -0.39 is 0 Å². The molecule has 1 amide bonds. The van der Waals surface area contributed by atoms with Gasteiger partial charge in [0.2, 0.25) is 0 Å². The van der Waals surface area contributed by atoms with Crippen molar-refractivity contribution in [2.45, 2.75) is 39.3 Å². The van der Waals surface area contributed by atoms with E-state index in [-0.39, 0.29) is 11.9 Å². The maximum Gasteiger partial charge on any atom is 0.251 e. The smallest absolute Gasteiger partial charge is 0.251 e. The molecule has 2 N–H and O–H groups in total. The molecule has 1 unspecified atom stereocenters. The Balaban J connectivity index is 2.23. The van der Waals surface area contributed by atoms with Crippen LogP contribution in [0.1, 0.15) is 41.8 Å². The van der Waals surface area contributed by atoms with E-state index in [1.165, 1.54) is 11.1 Å². The standard InChI is InChI=1S/C14H20N2O/c1-3-10(2)16-14(17)13-6-4-5-11-9-15-8-7-12(11)13/h4-6,10,15H,3,7-9H2,1-2H3,(H,16,17). The molecule has 3 heteroatoms. The number of hydrogen-bond acceptors (Lipinski definition) is 2. The van der Waals surface area contributed by atoms with E-state index in [1.807, 2.05) is 19.1 Å². The zero-order valence-electron chi connectivity index (χ0n) is 10.5. The van der Waals surface area contributed by atoms with Crippen LogP contribution in [0.4, 0.5) is 0 Å². The molecule has 3 nitrogen and oxygen atoms in total. The average molecular weight is 232 g/mol. The van der Waals surface area contributed by atoms with Gasteiger partial charge in [-0.1, -0.05) is 19.1 Å². The SMILES string of the molecule is CCC(C)NC(=O)c1cccc2c1CCNC2. The number of hydrogen-bond donors (Lipinski definition) is 2. The summed E-state index contributed by atoms with van der Waals surface area (Å²) in [5, 5.41) is 6.36. The number of amides is 1. The fraction of sp³-hybridized carbons (Fsp3) is 0.500. The molecule has 0 radical (unpaired) electrons. The lowest BCUT2D eigenvalue weighted by molar-refractivity contribution is 0.0938. The van der Waals surface area contributed by atoms with Crippen LogP contribution in [0.25, 0.3) is 0 Å². The van der Waals surface area contributed by atoms with Crippen molar-refractivity contribution in [1.82, 2.24) is 10.6 Å². The van der Waals surface area contributed by atoms with Gasteiger partial charge in [0.15, 0.2) is 0 Å². The zero-order chi connectivity index (χ0) is 12.3. The number of nitrogens with one attached hydrogen (secondary N) is 2. The minimum Gasteiger partial charge on any atom is -0.350 e. The van der Waals surface area contributed by atoms with Crippen molar-refractivity contribution in [3.8, 4) is 0 Å². The van der Waals surface area contributed by atoms with Gasteiger partial charge in [-0.3, -0.25) is 4.79 Å². The third kappa shape index (κ3) is 2.67. The Morgan fingerprint density at radius 2 is 2.35 bits per heavy atom. The molecule has 1 aromatic rings. The van der Waals surface area contributed by atoms with Gasteiger partial charge in [-0.25, -0.2) is 0 Å². The molecule has 17 heavy (non-hydrogen) atoms. The third-order valence-electron chi connectivity index (χ3n) is 3.37. The van der Waals surface area contributed by atoms with E-state index in [1.54, 1.807) is 0 Å². The van der Waals surface area contributed by atoms with Crippen LogP contribution in [0.5, 0.6) is 0 Å². The molecule has 2 rings (SSSR count). The molecule has 0 bridgehead atoms. The lowest BCUT2D eigenvalue weighted by Gasteiger charge is -2.21. The van der Waals surface area contributed by atoms with Gasteiger partial charge < -0.3 is 10.6 Å². The van der Waals surface area contributed by atoms with Crippen LogP contribution in [0.3, 0.4) is 0 Å². The minimum atomic E-state index is 0.0677. The molecule has 1 aliphatic heterocycles.